The Bertz CT molecular complexity index is 813. The van der Waals surface area contributed by atoms with E-state index in [0.717, 1.165) is 31.2 Å². The Balaban J connectivity index is 1.77. The van der Waals surface area contributed by atoms with E-state index in [2.05, 4.69) is 32.2 Å². The first-order chi connectivity index (χ1) is 14.0. The summed E-state index contributed by atoms with van der Waals surface area (Å²) in [6.07, 6.45) is 3.90. The highest BCUT2D eigenvalue weighted by molar-refractivity contribution is 7.10. The maximum absolute atomic E-state index is 13.4. The van der Waals surface area contributed by atoms with Crippen LogP contribution in [0, 0.1) is 12.8 Å². The van der Waals surface area contributed by atoms with Crippen LogP contribution in [-0.4, -0.2) is 34.2 Å². The lowest BCUT2D eigenvalue weighted by Gasteiger charge is -2.36. The minimum Gasteiger partial charge on any atom is -0.332 e. The SMILES string of the molecule is CC[C@@H](C)N(CC(=O)N(Cc1ccccc1)Cc1sccc1C)C(=O)C1CCC1. The van der Waals surface area contributed by atoms with Gasteiger partial charge in [0.25, 0.3) is 0 Å². The van der Waals surface area contributed by atoms with Crippen molar-refractivity contribution in [2.75, 3.05) is 6.54 Å². The highest BCUT2D eigenvalue weighted by Crippen LogP contribution is 2.29. The van der Waals surface area contributed by atoms with Gasteiger partial charge in [-0.3, -0.25) is 9.59 Å². The van der Waals surface area contributed by atoms with Crippen LogP contribution in [0.2, 0.25) is 0 Å². The topological polar surface area (TPSA) is 40.6 Å². The summed E-state index contributed by atoms with van der Waals surface area (Å²) in [5, 5.41) is 2.07. The zero-order valence-electron chi connectivity index (χ0n) is 17.8. The second-order valence-electron chi connectivity index (χ2n) is 8.11. The van der Waals surface area contributed by atoms with E-state index in [9.17, 15) is 9.59 Å². The summed E-state index contributed by atoms with van der Waals surface area (Å²) in [5.74, 6) is 0.291. The average Bonchev–Trinajstić information content (AvgIpc) is 3.08. The molecule has 2 aromatic rings. The highest BCUT2D eigenvalue weighted by atomic mass is 32.1. The van der Waals surface area contributed by atoms with Gasteiger partial charge in [-0.25, -0.2) is 0 Å². The normalized spacial score (nSPS) is 14.9. The van der Waals surface area contributed by atoms with E-state index in [1.807, 2.05) is 40.1 Å². The largest absolute Gasteiger partial charge is 0.332 e. The van der Waals surface area contributed by atoms with Gasteiger partial charge in [-0.15, -0.1) is 11.3 Å². The van der Waals surface area contributed by atoms with Crippen LogP contribution in [0.5, 0.6) is 0 Å². The summed E-state index contributed by atoms with van der Waals surface area (Å²) in [6, 6.07) is 12.3. The molecule has 0 bridgehead atoms. The van der Waals surface area contributed by atoms with Crippen molar-refractivity contribution in [1.82, 2.24) is 9.80 Å². The number of thiophene rings is 1. The molecule has 3 rings (SSSR count). The van der Waals surface area contributed by atoms with Gasteiger partial charge >= 0.3 is 0 Å². The minimum atomic E-state index is 0.0228. The van der Waals surface area contributed by atoms with Crippen LogP contribution in [0.1, 0.15) is 55.5 Å². The molecule has 1 fully saturated rings. The van der Waals surface area contributed by atoms with Crippen molar-refractivity contribution >= 4 is 23.2 Å². The van der Waals surface area contributed by atoms with Crippen molar-refractivity contribution in [3.8, 4) is 0 Å². The quantitative estimate of drug-likeness (QED) is 0.581. The third kappa shape index (κ3) is 5.47. The van der Waals surface area contributed by atoms with Crippen molar-refractivity contribution in [2.45, 2.75) is 65.6 Å². The molecule has 1 atom stereocenters. The molecule has 1 aliphatic carbocycles. The van der Waals surface area contributed by atoms with Gasteiger partial charge in [-0.1, -0.05) is 43.7 Å². The second kappa shape index (κ2) is 10.1. The average molecular weight is 413 g/mol. The van der Waals surface area contributed by atoms with Crippen LogP contribution < -0.4 is 0 Å². The Morgan fingerprint density at radius 1 is 1.14 bits per heavy atom. The Labute approximate surface area is 178 Å². The molecular formula is C24H32N2O2S. The second-order valence-corrected chi connectivity index (χ2v) is 9.11. The first kappa shape index (κ1) is 21.6. The molecule has 0 unspecified atom stereocenters. The molecule has 0 spiro atoms. The fraction of sp³-hybridized carbons (Fsp3) is 0.500. The summed E-state index contributed by atoms with van der Waals surface area (Å²) in [7, 11) is 0. The summed E-state index contributed by atoms with van der Waals surface area (Å²) in [4.78, 5) is 31.3. The number of hydrogen-bond acceptors (Lipinski definition) is 3. The molecule has 0 radical (unpaired) electrons. The minimum absolute atomic E-state index is 0.0228. The monoisotopic (exact) mass is 412 g/mol. The van der Waals surface area contributed by atoms with E-state index < -0.39 is 0 Å². The fourth-order valence-corrected chi connectivity index (χ4v) is 4.50. The van der Waals surface area contributed by atoms with Crippen LogP contribution in [0.4, 0.5) is 0 Å². The van der Waals surface area contributed by atoms with Gasteiger partial charge in [0.05, 0.1) is 6.54 Å². The number of nitrogens with zero attached hydrogens (tertiary/aromatic N) is 2. The number of aryl methyl sites for hydroxylation is 1. The molecule has 29 heavy (non-hydrogen) atoms. The first-order valence-corrected chi connectivity index (χ1v) is 11.5. The lowest BCUT2D eigenvalue weighted by molar-refractivity contribution is -0.147. The highest BCUT2D eigenvalue weighted by Gasteiger charge is 2.33. The predicted octanol–water partition coefficient (Wildman–Crippen LogP) is 5.01. The molecule has 1 aromatic heterocycles. The van der Waals surface area contributed by atoms with Crippen molar-refractivity contribution in [1.29, 1.82) is 0 Å². The summed E-state index contributed by atoms with van der Waals surface area (Å²) >= 11 is 1.69. The molecule has 156 valence electrons. The molecule has 1 heterocycles. The Kier molecular flexibility index (Phi) is 7.48. The van der Waals surface area contributed by atoms with Gasteiger partial charge in [0.15, 0.2) is 0 Å². The van der Waals surface area contributed by atoms with Gasteiger partial charge in [0, 0.05) is 23.4 Å². The number of hydrogen-bond donors (Lipinski definition) is 0. The predicted molar refractivity (Wildman–Crippen MR) is 119 cm³/mol. The number of rotatable bonds is 9. The standard InChI is InChI=1S/C24H32N2O2S/c1-4-19(3)26(24(28)21-11-8-12-21)17-23(27)25(15-20-9-6-5-7-10-20)16-22-18(2)13-14-29-22/h5-7,9-10,13-14,19,21H,4,8,11-12,15-17H2,1-3H3/t19-/m1/s1. The summed E-state index contributed by atoms with van der Waals surface area (Å²) in [6.45, 7) is 7.53. The van der Waals surface area contributed by atoms with Gasteiger partial charge in [0.2, 0.25) is 11.8 Å². The Morgan fingerprint density at radius 2 is 1.86 bits per heavy atom. The van der Waals surface area contributed by atoms with E-state index in [0.29, 0.717) is 13.1 Å². The van der Waals surface area contributed by atoms with Crippen molar-refractivity contribution in [3.05, 3.63) is 57.8 Å². The molecule has 1 saturated carbocycles. The zero-order chi connectivity index (χ0) is 20.8. The smallest absolute Gasteiger partial charge is 0.242 e. The van der Waals surface area contributed by atoms with Gasteiger partial charge in [-0.05, 0) is 55.7 Å². The van der Waals surface area contributed by atoms with Gasteiger partial charge in [0.1, 0.15) is 6.54 Å². The van der Waals surface area contributed by atoms with E-state index >= 15 is 0 Å². The third-order valence-electron chi connectivity index (χ3n) is 6.04. The van der Waals surface area contributed by atoms with E-state index in [1.54, 1.807) is 11.3 Å². The van der Waals surface area contributed by atoms with Crippen molar-refractivity contribution in [2.24, 2.45) is 5.92 Å². The van der Waals surface area contributed by atoms with E-state index in [4.69, 9.17) is 0 Å². The van der Waals surface area contributed by atoms with E-state index in [1.165, 1.54) is 10.4 Å². The Hall–Kier alpha value is -2.14. The van der Waals surface area contributed by atoms with Crippen LogP contribution in [0.3, 0.4) is 0 Å². The van der Waals surface area contributed by atoms with Crippen molar-refractivity contribution < 1.29 is 9.59 Å². The molecule has 0 saturated heterocycles. The maximum Gasteiger partial charge on any atom is 0.242 e. The molecule has 4 nitrogen and oxygen atoms in total. The lowest BCUT2D eigenvalue weighted by Crippen LogP contribution is -2.49. The lowest BCUT2D eigenvalue weighted by atomic mass is 9.84. The van der Waals surface area contributed by atoms with Crippen LogP contribution in [0.15, 0.2) is 41.8 Å². The van der Waals surface area contributed by atoms with Crippen LogP contribution in [-0.2, 0) is 22.7 Å². The van der Waals surface area contributed by atoms with Gasteiger partial charge < -0.3 is 9.80 Å². The van der Waals surface area contributed by atoms with Crippen LogP contribution >= 0.6 is 11.3 Å². The fourth-order valence-electron chi connectivity index (χ4n) is 3.58. The van der Waals surface area contributed by atoms with Crippen LogP contribution in [0.25, 0.3) is 0 Å². The summed E-state index contributed by atoms with van der Waals surface area (Å²) < 4.78 is 0. The summed E-state index contributed by atoms with van der Waals surface area (Å²) in [5.41, 5.74) is 2.32. The molecule has 0 N–H and O–H groups in total. The molecular weight excluding hydrogens is 380 g/mol. The molecule has 2 amide bonds. The van der Waals surface area contributed by atoms with Crippen molar-refractivity contribution in [3.63, 3.8) is 0 Å². The number of amides is 2. The Morgan fingerprint density at radius 3 is 2.41 bits per heavy atom. The molecule has 1 aromatic carbocycles. The molecule has 5 heteroatoms. The number of carbonyl (C=O) groups excluding carboxylic acids is 2. The maximum atomic E-state index is 13.4. The van der Waals surface area contributed by atoms with E-state index in [-0.39, 0.29) is 30.3 Å². The third-order valence-corrected chi connectivity index (χ3v) is 7.05. The molecule has 1 aliphatic rings. The zero-order valence-corrected chi connectivity index (χ0v) is 18.6. The first-order valence-electron chi connectivity index (χ1n) is 10.6. The van der Waals surface area contributed by atoms with Gasteiger partial charge in [-0.2, -0.15) is 0 Å². The number of benzene rings is 1. The molecule has 0 aliphatic heterocycles. The number of carbonyl (C=O) groups is 2.